The molecule has 0 bridgehead atoms. The Kier molecular flexibility index (Phi) is 5.11. The Morgan fingerprint density at radius 2 is 1.61 bits per heavy atom. The zero-order valence-electron chi connectivity index (χ0n) is 17.2. The fourth-order valence-corrected chi connectivity index (χ4v) is 4.31. The molecule has 5 heteroatoms. The highest BCUT2D eigenvalue weighted by Crippen LogP contribution is 2.51. The lowest BCUT2D eigenvalue weighted by Gasteiger charge is -2.20. The minimum absolute atomic E-state index is 0.00414. The summed E-state index contributed by atoms with van der Waals surface area (Å²) in [6.45, 7) is 6.91. The van der Waals surface area contributed by atoms with Crippen molar-refractivity contribution >= 4 is 0 Å². The number of hydrogen-bond donors (Lipinski definition) is 0. The number of fused-ring (bicyclic) bond motifs is 1. The molecule has 5 nitrogen and oxygen atoms in total. The molecule has 2 aliphatic rings. The van der Waals surface area contributed by atoms with Gasteiger partial charge in [0.2, 0.25) is 6.79 Å². The summed E-state index contributed by atoms with van der Waals surface area (Å²) in [4.78, 5) is 0. The highest BCUT2D eigenvalue weighted by atomic mass is 16.7. The van der Waals surface area contributed by atoms with Gasteiger partial charge in [-0.3, -0.25) is 0 Å². The number of aryl methyl sites for hydroxylation is 1. The molecule has 0 unspecified atom stereocenters. The lowest BCUT2D eigenvalue weighted by Crippen LogP contribution is -2.10. The normalized spacial score (nSPS) is 25.8. The van der Waals surface area contributed by atoms with Crippen molar-refractivity contribution in [3.63, 3.8) is 0 Å². The molecule has 0 amide bonds. The van der Waals surface area contributed by atoms with Crippen molar-refractivity contribution in [2.75, 3.05) is 21.0 Å². The first-order valence-corrected chi connectivity index (χ1v) is 9.87. The number of methoxy groups -OCH3 is 2. The van der Waals surface area contributed by atoms with Crippen LogP contribution in [0.3, 0.4) is 0 Å². The molecule has 150 valence electrons. The first-order valence-electron chi connectivity index (χ1n) is 9.87. The summed E-state index contributed by atoms with van der Waals surface area (Å²) >= 11 is 0. The van der Waals surface area contributed by atoms with Gasteiger partial charge in [0, 0.05) is 0 Å². The van der Waals surface area contributed by atoms with Gasteiger partial charge >= 0.3 is 0 Å². The van der Waals surface area contributed by atoms with Gasteiger partial charge in [-0.1, -0.05) is 26.8 Å². The van der Waals surface area contributed by atoms with Crippen LogP contribution < -0.4 is 18.9 Å². The van der Waals surface area contributed by atoms with Gasteiger partial charge in [0.05, 0.1) is 26.4 Å². The zero-order chi connectivity index (χ0) is 19.8. The van der Waals surface area contributed by atoms with Crippen LogP contribution in [0, 0.1) is 11.8 Å². The van der Waals surface area contributed by atoms with E-state index in [0.717, 1.165) is 46.1 Å². The molecule has 1 saturated heterocycles. The summed E-state index contributed by atoms with van der Waals surface area (Å²) in [7, 11) is 3.36. The van der Waals surface area contributed by atoms with Crippen molar-refractivity contribution in [2.24, 2.45) is 11.8 Å². The molecule has 2 aliphatic heterocycles. The van der Waals surface area contributed by atoms with E-state index in [4.69, 9.17) is 23.7 Å². The van der Waals surface area contributed by atoms with Crippen LogP contribution in [-0.2, 0) is 11.2 Å². The van der Waals surface area contributed by atoms with E-state index in [1.165, 1.54) is 0 Å². The van der Waals surface area contributed by atoms with Gasteiger partial charge in [-0.25, -0.2) is 0 Å². The Labute approximate surface area is 166 Å². The van der Waals surface area contributed by atoms with E-state index in [9.17, 15) is 0 Å². The minimum Gasteiger partial charge on any atom is -0.493 e. The monoisotopic (exact) mass is 384 g/mol. The van der Waals surface area contributed by atoms with Crippen LogP contribution in [0.1, 0.15) is 49.7 Å². The number of ether oxygens (including phenoxy) is 5. The maximum absolute atomic E-state index is 6.60. The summed E-state index contributed by atoms with van der Waals surface area (Å²) in [5, 5.41) is 0. The third-order valence-electron chi connectivity index (χ3n) is 6.09. The lowest BCUT2D eigenvalue weighted by atomic mass is 9.85. The van der Waals surface area contributed by atoms with Gasteiger partial charge in [-0.2, -0.15) is 0 Å². The molecular formula is C23H28O5. The fraction of sp³-hybridized carbons (Fsp3) is 0.478. The molecule has 2 aromatic rings. The van der Waals surface area contributed by atoms with Crippen molar-refractivity contribution in [1.29, 1.82) is 0 Å². The highest BCUT2D eigenvalue weighted by Gasteiger charge is 2.41. The average molecular weight is 384 g/mol. The minimum atomic E-state index is -0.00414. The van der Waals surface area contributed by atoms with Crippen LogP contribution in [0.5, 0.6) is 23.0 Å². The predicted octanol–water partition coefficient (Wildman–Crippen LogP) is 5.08. The third kappa shape index (κ3) is 3.08. The second-order valence-corrected chi connectivity index (χ2v) is 7.58. The summed E-state index contributed by atoms with van der Waals surface area (Å²) < 4.78 is 28.7. The molecule has 0 spiro atoms. The molecule has 1 fully saturated rings. The van der Waals surface area contributed by atoms with Crippen LogP contribution in [0.4, 0.5) is 0 Å². The topological polar surface area (TPSA) is 46.2 Å². The number of benzene rings is 2. The molecule has 28 heavy (non-hydrogen) atoms. The second-order valence-electron chi connectivity index (χ2n) is 7.58. The Morgan fingerprint density at radius 3 is 2.29 bits per heavy atom. The van der Waals surface area contributed by atoms with Crippen LogP contribution in [0.2, 0.25) is 0 Å². The molecule has 0 N–H and O–H groups in total. The van der Waals surface area contributed by atoms with E-state index in [2.05, 4.69) is 32.9 Å². The Balaban J connectivity index is 1.66. The summed E-state index contributed by atoms with van der Waals surface area (Å²) in [6.07, 6.45) is 0.874. The maximum Gasteiger partial charge on any atom is 0.231 e. The summed E-state index contributed by atoms with van der Waals surface area (Å²) in [5.41, 5.74) is 3.39. The molecule has 2 heterocycles. The van der Waals surface area contributed by atoms with E-state index in [0.29, 0.717) is 11.8 Å². The van der Waals surface area contributed by atoms with E-state index in [-0.39, 0.29) is 19.0 Å². The van der Waals surface area contributed by atoms with E-state index >= 15 is 0 Å². The Bertz CT molecular complexity index is 837. The molecule has 4 rings (SSSR count). The van der Waals surface area contributed by atoms with E-state index in [1.54, 1.807) is 14.2 Å². The number of rotatable bonds is 5. The van der Waals surface area contributed by atoms with Crippen molar-refractivity contribution in [3.8, 4) is 23.0 Å². The van der Waals surface area contributed by atoms with Crippen LogP contribution >= 0.6 is 0 Å². The van der Waals surface area contributed by atoms with Gasteiger partial charge < -0.3 is 23.7 Å². The third-order valence-corrected chi connectivity index (χ3v) is 6.09. The number of hydrogen-bond acceptors (Lipinski definition) is 5. The Hall–Kier alpha value is -2.40. The van der Waals surface area contributed by atoms with Crippen LogP contribution in [0.15, 0.2) is 30.3 Å². The first-order chi connectivity index (χ1) is 13.6. The predicted molar refractivity (Wildman–Crippen MR) is 106 cm³/mol. The molecule has 0 aliphatic carbocycles. The van der Waals surface area contributed by atoms with Gasteiger partial charge in [-0.05, 0) is 59.2 Å². The van der Waals surface area contributed by atoms with Gasteiger partial charge in [0.1, 0.15) is 0 Å². The lowest BCUT2D eigenvalue weighted by molar-refractivity contribution is 0.0288. The quantitative estimate of drug-likeness (QED) is 0.719. The molecule has 0 radical (unpaired) electrons. The second kappa shape index (κ2) is 7.55. The van der Waals surface area contributed by atoms with E-state index in [1.807, 2.05) is 18.2 Å². The van der Waals surface area contributed by atoms with Crippen LogP contribution in [-0.4, -0.2) is 21.0 Å². The van der Waals surface area contributed by atoms with Gasteiger partial charge in [0.15, 0.2) is 23.0 Å². The van der Waals surface area contributed by atoms with Gasteiger partial charge in [0.25, 0.3) is 0 Å². The zero-order valence-corrected chi connectivity index (χ0v) is 17.2. The SMILES string of the molecule is CCc1cc([C@H]2O[C@H](c3ccc4c(c3)OCO4)[C@H](C)[C@H]2C)cc(OC)c1OC. The molecule has 0 saturated carbocycles. The van der Waals surface area contributed by atoms with Crippen LogP contribution in [0.25, 0.3) is 0 Å². The van der Waals surface area contributed by atoms with Crippen molar-refractivity contribution in [3.05, 3.63) is 47.0 Å². The highest BCUT2D eigenvalue weighted by molar-refractivity contribution is 5.50. The molecule has 4 atom stereocenters. The molecular weight excluding hydrogens is 356 g/mol. The molecule has 0 aromatic heterocycles. The van der Waals surface area contributed by atoms with E-state index < -0.39 is 0 Å². The molecule has 2 aromatic carbocycles. The van der Waals surface area contributed by atoms with Crippen molar-refractivity contribution in [2.45, 2.75) is 39.4 Å². The smallest absolute Gasteiger partial charge is 0.231 e. The maximum atomic E-state index is 6.60. The average Bonchev–Trinajstić information content (AvgIpc) is 3.31. The standard InChI is InChI=1S/C23H28O5/c1-6-15-9-17(11-20(24-4)23(15)25-5)22-14(3)13(2)21(28-22)16-7-8-18-19(10-16)27-12-26-18/h7-11,13-14,21-22H,6,12H2,1-5H3/t13-,14-,21+,22+/m1/s1. The van der Waals surface area contributed by atoms with Gasteiger partial charge in [-0.15, -0.1) is 0 Å². The largest absolute Gasteiger partial charge is 0.493 e. The first kappa shape index (κ1) is 18.9. The fourth-order valence-electron chi connectivity index (χ4n) is 4.31. The summed E-state index contributed by atoms with van der Waals surface area (Å²) in [6, 6.07) is 10.3. The van der Waals surface area contributed by atoms with Crippen molar-refractivity contribution in [1.82, 2.24) is 0 Å². The Morgan fingerprint density at radius 1 is 0.893 bits per heavy atom. The van der Waals surface area contributed by atoms with Crippen molar-refractivity contribution < 1.29 is 23.7 Å². The summed E-state index contributed by atoms with van der Waals surface area (Å²) in [5.74, 6) is 3.88.